The van der Waals surface area contributed by atoms with Crippen molar-refractivity contribution in [1.82, 2.24) is 15.1 Å². The van der Waals surface area contributed by atoms with Gasteiger partial charge in [0.25, 0.3) is 5.91 Å². The Morgan fingerprint density at radius 3 is 2.41 bits per heavy atom. The zero-order valence-corrected chi connectivity index (χ0v) is 29.2. The number of carbonyl (C=O) groups excluding carboxylic acids is 2. The van der Waals surface area contributed by atoms with Gasteiger partial charge in [0.1, 0.15) is 5.75 Å². The van der Waals surface area contributed by atoms with Crippen LogP contribution in [0.1, 0.15) is 93.6 Å². The average molecular weight is 691 g/mol. The molecular formula is C37H53F3N4O5. The number of carbonyl (C=O) groups is 2. The lowest BCUT2D eigenvalue weighted by molar-refractivity contribution is -0.137. The molecule has 2 aromatic carbocycles. The van der Waals surface area contributed by atoms with Crippen LogP contribution < -0.4 is 15.4 Å². The molecule has 1 fully saturated rings. The van der Waals surface area contributed by atoms with Crippen LogP contribution in [0.2, 0.25) is 0 Å². The maximum Gasteiger partial charge on any atom is 0.416 e. The molecule has 0 bridgehead atoms. The smallest absolute Gasteiger partial charge is 0.416 e. The summed E-state index contributed by atoms with van der Waals surface area (Å²) in [7, 11) is 1.90. The van der Waals surface area contributed by atoms with Gasteiger partial charge in [-0.15, -0.1) is 0 Å². The molecule has 0 unspecified atom stereocenters. The van der Waals surface area contributed by atoms with Crippen LogP contribution >= 0.6 is 0 Å². The number of benzene rings is 2. The predicted molar refractivity (Wildman–Crippen MR) is 184 cm³/mol. The van der Waals surface area contributed by atoms with E-state index in [1.807, 2.05) is 25.8 Å². The molecule has 0 spiro atoms. The molecule has 1 aliphatic carbocycles. The van der Waals surface area contributed by atoms with Crippen LogP contribution in [0.5, 0.6) is 5.75 Å². The number of urea groups is 1. The molecule has 1 heterocycles. The Morgan fingerprint density at radius 1 is 1.04 bits per heavy atom. The number of anilines is 1. The fourth-order valence-electron chi connectivity index (χ4n) is 6.54. The molecule has 49 heavy (non-hydrogen) atoms. The van der Waals surface area contributed by atoms with Crippen LogP contribution in [-0.4, -0.2) is 84.5 Å². The molecule has 3 N–H and O–H groups in total. The second-order valence-corrected chi connectivity index (χ2v) is 13.8. The Kier molecular flexibility index (Phi) is 14.2. The summed E-state index contributed by atoms with van der Waals surface area (Å²) >= 11 is 0. The van der Waals surface area contributed by atoms with E-state index in [9.17, 15) is 27.9 Å². The number of aliphatic hydroxyl groups is 1. The van der Waals surface area contributed by atoms with E-state index in [0.717, 1.165) is 62.6 Å². The predicted octanol–water partition coefficient (Wildman–Crippen LogP) is 7.09. The average Bonchev–Trinajstić information content (AvgIpc) is 3.06. The summed E-state index contributed by atoms with van der Waals surface area (Å²) < 4.78 is 51.9. The molecule has 0 radical (unpaired) electrons. The van der Waals surface area contributed by atoms with Crippen molar-refractivity contribution in [2.45, 2.75) is 109 Å². The summed E-state index contributed by atoms with van der Waals surface area (Å²) in [6.07, 6.45) is 2.78. The lowest BCUT2D eigenvalue weighted by Crippen LogP contribution is -2.47. The van der Waals surface area contributed by atoms with E-state index in [4.69, 9.17) is 9.47 Å². The van der Waals surface area contributed by atoms with E-state index in [-0.39, 0.29) is 49.3 Å². The minimum atomic E-state index is -4.39. The van der Waals surface area contributed by atoms with E-state index in [2.05, 4.69) is 10.6 Å². The number of nitrogens with one attached hydrogen (secondary N) is 2. The number of aliphatic hydroxyl groups excluding tert-OH is 1. The third-order valence-electron chi connectivity index (χ3n) is 9.48. The Labute approximate surface area is 288 Å². The van der Waals surface area contributed by atoms with Crippen molar-refractivity contribution in [3.8, 4) is 5.75 Å². The highest BCUT2D eigenvalue weighted by molar-refractivity contribution is 5.99. The summed E-state index contributed by atoms with van der Waals surface area (Å²) in [5.41, 5.74) is 0.825. The van der Waals surface area contributed by atoms with Crippen molar-refractivity contribution >= 4 is 17.6 Å². The van der Waals surface area contributed by atoms with Crippen molar-refractivity contribution in [2.75, 3.05) is 38.7 Å². The molecule has 9 nitrogen and oxygen atoms in total. The minimum Gasteiger partial charge on any atom is -0.490 e. The van der Waals surface area contributed by atoms with Gasteiger partial charge in [-0.3, -0.25) is 9.69 Å². The number of halogens is 3. The summed E-state index contributed by atoms with van der Waals surface area (Å²) in [6, 6.07) is 9.56. The number of hydrogen-bond donors (Lipinski definition) is 3. The van der Waals surface area contributed by atoms with Gasteiger partial charge in [-0.25, -0.2) is 4.79 Å². The van der Waals surface area contributed by atoms with Gasteiger partial charge >= 0.3 is 12.2 Å². The van der Waals surface area contributed by atoms with Crippen molar-refractivity contribution in [3.63, 3.8) is 0 Å². The van der Waals surface area contributed by atoms with E-state index < -0.39 is 17.8 Å². The van der Waals surface area contributed by atoms with Gasteiger partial charge in [0.2, 0.25) is 0 Å². The first-order chi connectivity index (χ1) is 23.3. The highest BCUT2D eigenvalue weighted by Crippen LogP contribution is 2.30. The third-order valence-corrected chi connectivity index (χ3v) is 9.48. The first kappa shape index (κ1) is 38.5. The number of alkyl halides is 3. The fraction of sp³-hybridized carbons (Fsp3) is 0.622. The molecule has 2 aliphatic rings. The van der Waals surface area contributed by atoms with Crippen molar-refractivity contribution in [2.24, 2.45) is 5.92 Å². The molecule has 12 heteroatoms. The van der Waals surface area contributed by atoms with E-state index in [1.165, 1.54) is 18.6 Å². The molecule has 4 rings (SSSR count). The Balaban J connectivity index is 1.54. The molecule has 3 amide bonds. The zero-order valence-electron chi connectivity index (χ0n) is 29.2. The van der Waals surface area contributed by atoms with Gasteiger partial charge in [-0.2, -0.15) is 13.2 Å². The fourth-order valence-corrected chi connectivity index (χ4v) is 6.54. The van der Waals surface area contributed by atoms with Crippen molar-refractivity contribution in [3.05, 3.63) is 59.2 Å². The van der Waals surface area contributed by atoms with Crippen LogP contribution in [0.15, 0.2) is 42.5 Å². The standard InChI is InChI=1S/C37H53F3N4O5/c1-25-21-44(26(2)24-45)35(46)32-20-31(42-36(47)41-30-11-6-5-7-12-30)17-18-33(32)49-27(3)10-8-9-19-48-34(25)23-43(4)22-28-13-15-29(16-14-28)37(38,39)40/h13-18,20,25-27,30,34,45H,5-12,19,21-24H2,1-4H3,(H2,41,42,47)/t25-,26+,27+,34-/m1/s1. The molecule has 4 atom stereocenters. The summed E-state index contributed by atoms with van der Waals surface area (Å²) in [5.74, 6) is -0.0812. The maximum absolute atomic E-state index is 14.4. The molecule has 0 saturated heterocycles. The second kappa shape index (κ2) is 18.1. The molecule has 0 aromatic heterocycles. The first-order valence-corrected chi connectivity index (χ1v) is 17.6. The number of fused-ring (bicyclic) bond motifs is 1. The molecular weight excluding hydrogens is 637 g/mol. The van der Waals surface area contributed by atoms with Crippen LogP contribution in [0, 0.1) is 5.92 Å². The Bertz CT molecular complexity index is 1350. The monoisotopic (exact) mass is 690 g/mol. The maximum atomic E-state index is 14.4. The van der Waals surface area contributed by atoms with Gasteiger partial charge in [-0.05, 0) is 88.9 Å². The highest BCUT2D eigenvalue weighted by atomic mass is 19.4. The lowest BCUT2D eigenvalue weighted by Gasteiger charge is -2.36. The minimum absolute atomic E-state index is 0.128. The normalized spacial score (nSPS) is 22.5. The summed E-state index contributed by atoms with van der Waals surface area (Å²) in [6.45, 7) is 7.17. The van der Waals surface area contributed by atoms with E-state index in [1.54, 1.807) is 30.0 Å². The van der Waals surface area contributed by atoms with Crippen molar-refractivity contribution < 1.29 is 37.3 Å². The summed E-state index contributed by atoms with van der Waals surface area (Å²) in [5, 5.41) is 16.2. The number of nitrogens with zero attached hydrogens (tertiary/aromatic N) is 2. The van der Waals surface area contributed by atoms with Gasteiger partial charge in [0.05, 0.1) is 36.0 Å². The second-order valence-electron chi connectivity index (χ2n) is 13.8. The number of rotatable bonds is 8. The van der Waals surface area contributed by atoms with Gasteiger partial charge in [0.15, 0.2) is 0 Å². The zero-order chi connectivity index (χ0) is 35.6. The molecule has 272 valence electrons. The van der Waals surface area contributed by atoms with Crippen LogP contribution in [0.25, 0.3) is 0 Å². The first-order valence-electron chi connectivity index (χ1n) is 17.6. The molecule has 1 aliphatic heterocycles. The topological polar surface area (TPSA) is 103 Å². The highest BCUT2D eigenvalue weighted by Gasteiger charge is 2.32. The summed E-state index contributed by atoms with van der Waals surface area (Å²) in [4.78, 5) is 30.9. The molecule has 1 saturated carbocycles. The van der Waals surface area contributed by atoms with Crippen LogP contribution in [0.3, 0.4) is 0 Å². The molecule has 2 aromatic rings. The Morgan fingerprint density at radius 2 is 1.73 bits per heavy atom. The number of amides is 3. The lowest BCUT2D eigenvalue weighted by atomic mass is 9.96. The van der Waals surface area contributed by atoms with E-state index in [0.29, 0.717) is 36.7 Å². The SMILES string of the molecule is C[C@@H]1CN([C@@H](C)CO)C(=O)c2cc(NC(=O)NC3CCCCC3)ccc2O[C@@H](C)CCCCO[C@@H]1CN(C)Cc1ccc(C(F)(F)F)cc1. The Hall–Kier alpha value is -3.35. The number of hydrogen-bond acceptors (Lipinski definition) is 6. The van der Waals surface area contributed by atoms with Gasteiger partial charge < -0.3 is 30.1 Å². The third kappa shape index (κ3) is 11.6. The van der Waals surface area contributed by atoms with Gasteiger partial charge in [-0.1, -0.05) is 38.3 Å². The van der Waals surface area contributed by atoms with Crippen molar-refractivity contribution in [1.29, 1.82) is 0 Å². The number of ether oxygens (including phenoxy) is 2. The number of likely N-dealkylation sites (N-methyl/N-ethyl adjacent to an activating group) is 1. The van der Waals surface area contributed by atoms with Crippen LogP contribution in [0.4, 0.5) is 23.7 Å². The quantitative estimate of drug-likeness (QED) is 0.274. The largest absolute Gasteiger partial charge is 0.490 e. The van der Waals surface area contributed by atoms with Crippen LogP contribution in [-0.2, 0) is 17.5 Å². The van der Waals surface area contributed by atoms with E-state index >= 15 is 0 Å². The van der Waals surface area contributed by atoms with Gasteiger partial charge in [0, 0.05) is 43.9 Å².